The first-order chi connectivity index (χ1) is 37.5. The van der Waals surface area contributed by atoms with E-state index >= 15 is 0 Å². The predicted molar refractivity (Wildman–Crippen MR) is 330 cm³/mol. The van der Waals surface area contributed by atoms with Crippen molar-refractivity contribution in [2.45, 2.75) is 393 Å². The lowest BCUT2D eigenvalue weighted by molar-refractivity contribution is -0.167. The van der Waals surface area contributed by atoms with Crippen molar-refractivity contribution in [3.8, 4) is 0 Å². The third-order valence-corrected chi connectivity index (χ3v) is 15.7. The van der Waals surface area contributed by atoms with Gasteiger partial charge in [0.05, 0.1) is 0 Å². The van der Waals surface area contributed by atoms with Gasteiger partial charge in [0.1, 0.15) is 13.2 Å². The first-order valence-electron chi connectivity index (χ1n) is 34.3. The molecule has 0 radical (unpaired) electrons. The molecule has 448 valence electrons. The molecule has 1 atom stereocenters. The Morgan fingerprint density at radius 3 is 0.724 bits per heavy atom. The quantitative estimate of drug-likeness (QED) is 0.0261. The van der Waals surface area contributed by atoms with Crippen LogP contribution in [-0.4, -0.2) is 37.2 Å². The Balaban J connectivity index is 4.18. The van der Waals surface area contributed by atoms with Gasteiger partial charge in [-0.25, -0.2) is 0 Å². The van der Waals surface area contributed by atoms with Crippen molar-refractivity contribution in [2.75, 3.05) is 13.2 Å². The third kappa shape index (κ3) is 62.7. The van der Waals surface area contributed by atoms with Crippen LogP contribution in [0.2, 0.25) is 0 Å². The molecule has 0 aromatic heterocycles. The van der Waals surface area contributed by atoms with Gasteiger partial charge in [-0.1, -0.05) is 340 Å². The fraction of sp³-hybridized carbons (Fsp3) is 0.900. The molecule has 1 unspecified atom stereocenters. The highest BCUT2D eigenvalue weighted by atomic mass is 16.6. The summed E-state index contributed by atoms with van der Waals surface area (Å²) in [6.45, 7) is 6.70. The molecule has 0 aliphatic heterocycles. The zero-order chi connectivity index (χ0) is 55.0. The van der Waals surface area contributed by atoms with Gasteiger partial charge in [-0.05, 0) is 51.4 Å². The van der Waals surface area contributed by atoms with E-state index in [-0.39, 0.29) is 31.1 Å². The fourth-order valence-corrected chi connectivity index (χ4v) is 10.5. The van der Waals surface area contributed by atoms with E-state index in [2.05, 4.69) is 45.1 Å². The van der Waals surface area contributed by atoms with Crippen molar-refractivity contribution in [3.63, 3.8) is 0 Å². The molecule has 0 fully saturated rings. The summed E-state index contributed by atoms with van der Waals surface area (Å²) in [5, 5.41) is 0. The number of carbonyl (C=O) groups is 3. The second-order valence-corrected chi connectivity index (χ2v) is 23.5. The number of ether oxygens (including phenoxy) is 3. The van der Waals surface area contributed by atoms with Gasteiger partial charge >= 0.3 is 17.9 Å². The molecule has 0 N–H and O–H groups in total. The van der Waals surface area contributed by atoms with Gasteiger partial charge in [0, 0.05) is 19.3 Å². The highest BCUT2D eigenvalue weighted by molar-refractivity contribution is 5.71. The van der Waals surface area contributed by atoms with Crippen molar-refractivity contribution in [2.24, 2.45) is 0 Å². The minimum absolute atomic E-state index is 0.0646. The Morgan fingerprint density at radius 2 is 0.474 bits per heavy atom. The summed E-state index contributed by atoms with van der Waals surface area (Å²) in [7, 11) is 0. The van der Waals surface area contributed by atoms with E-state index in [0.717, 1.165) is 64.2 Å². The molecular formula is C70H132O6. The van der Waals surface area contributed by atoms with E-state index in [9.17, 15) is 14.4 Å². The van der Waals surface area contributed by atoms with Crippen molar-refractivity contribution >= 4 is 17.9 Å². The van der Waals surface area contributed by atoms with Crippen LogP contribution in [0.25, 0.3) is 0 Å². The second kappa shape index (κ2) is 65.4. The Bertz CT molecular complexity index is 1230. The SMILES string of the molecule is CCCCCCC/C=C\C/C=C\CCCCCCCCCCCCCCCC(=O)OCC(COC(=O)CCCCCCCCCCCCC)OC(=O)CCCCCCCCCCCCCCCCCCCCCCCC. The largest absolute Gasteiger partial charge is 0.462 e. The molecule has 76 heavy (non-hydrogen) atoms. The van der Waals surface area contributed by atoms with Gasteiger partial charge in [0.15, 0.2) is 6.10 Å². The number of carbonyl (C=O) groups excluding carboxylic acids is 3. The van der Waals surface area contributed by atoms with Crippen LogP contribution in [0.5, 0.6) is 0 Å². The molecule has 0 amide bonds. The summed E-state index contributed by atoms with van der Waals surface area (Å²) in [6.07, 6.45) is 79.2. The van der Waals surface area contributed by atoms with Crippen LogP contribution in [0.15, 0.2) is 24.3 Å². The molecule has 0 aromatic rings. The lowest BCUT2D eigenvalue weighted by Gasteiger charge is -2.18. The van der Waals surface area contributed by atoms with Crippen LogP contribution in [0.4, 0.5) is 0 Å². The van der Waals surface area contributed by atoms with E-state index in [1.165, 1.54) is 283 Å². The monoisotopic (exact) mass is 1070 g/mol. The summed E-state index contributed by atoms with van der Waals surface area (Å²) in [5.41, 5.74) is 0. The van der Waals surface area contributed by atoms with Gasteiger partial charge in [0.2, 0.25) is 0 Å². The van der Waals surface area contributed by atoms with Crippen LogP contribution >= 0.6 is 0 Å². The molecule has 0 rings (SSSR count). The zero-order valence-corrected chi connectivity index (χ0v) is 51.6. The van der Waals surface area contributed by atoms with Gasteiger partial charge < -0.3 is 14.2 Å². The summed E-state index contributed by atoms with van der Waals surface area (Å²) in [4.78, 5) is 38.3. The Kier molecular flexibility index (Phi) is 63.6. The number of hydrogen-bond acceptors (Lipinski definition) is 6. The Morgan fingerprint density at radius 1 is 0.263 bits per heavy atom. The molecule has 0 aliphatic rings. The van der Waals surface area contributed by atoms with Crippen LogP contribution in [0, 0.1) is 0 Å². The molecule has 0 heterocycles. The summed E-state index contributed by atoms with van der Waals surface area (Å²) in [6, 6.07) is 0. The molecule has 0 aromatic carbocycles. The van der Waals surface area contributed by atoms with Gasteiger partial charge in [-0.2, -0.15) is 0 Å². The highest BCUT2D eigenvalue weighted by Gasteiger charge is 2.19. The molecule has 0 aliphatic carbocycles. The maximum atomic E-state index is 12.9. The Hall–Kier alpha value is -2.11. The normalized spacial score (nSPS) is 12.1. The average molecular weight is 1070 g/mol. The molecule has 0 saturated carbocycles. The minimum Gasteiger partial charge on any atom is -0.462 e. The first-order valence-corrected chi connectivity index (χ1v) is 34.3. The molecule has 0 saturated heterocycles. The summed E-state index contributed by atoms with van der Waals surface area (Å²) < 4.78 is 17.0. The first kappa shape index (κ1) is 73.9. The standard InChI is InChI=1S/C70H132O6/c1-4-7-10-13-16-19-22-24-26-28-30-32-34-35-36-38-39-41-43-45-48-51-54-57-60-63-69(72)75-66-67(65-74-68(71)62-59-56-53-50-47-21-18-15-12-9-6-3)76-70(73)64-61-58-55-52-49-46-44-42-40-37-33-31-29-27-25-23-20-17-14-11-8-5-2/h22,24,28,30,67H,4-21,23,25-27,29,31-66H2,1-3H3/b24-22-,30-28-. The maximum absolute atomic E-state index is 12.9. The fourth-order valence-electron chi connectivity index (χ4n) is 10.5. The predicted octanol–water partition coefficient (Wildman–Crippen LogP) is 23.4. The molecule has 0 spiro atoms. The maximum Gasteiger partial charge on any atom is 0.306 e. The Labute approximate surface area is 474 Å². The van der Waals surface area contributed by atoms with Crippen molar-refractivity contribution < 1.29 is 28.6 Å². The smallest absolute Gasteiger partial charge is 0.306 e. The highest BCUT2D eigenvalue weighted by Crippen LogP contribution is 2.18. The number of allylic oxidation sites excluding steroid dienone is 4. The number of unbranched alkanes of at least 4 members (excludes halogenated alkanes) is 49. The lowest BCUT2D eigenvalue weighted by atomic mass is 10.0. The lowest BCUT2D eigenvalue weighted by Crippen LogP contribution is -2.30. The zero-order valence-electron chi connectivity index (χ0n) is 51.6. The van der Waals surface area contributed by atoms with Crippen LogP contribution in [-0.2, 0) is 28.6 Å². The number of esters is 3. The third-order valence-electron chi connectivity index (χ3n) is 15.7. The van der Waals surface area contributed by atoms with Crippen LogP contribution < -0.4 is 0 Å². The van der Waals surface area contributed by atoms with E-state index < -0.39 is 6.10 Å². The molecular weight excluding hydrogens is 937 g/mol. The molecule has 0 bridgehead atoms. The van der Waals surface area contributed by atoms with E-state index in [1.54, 1.807) is 0 Å². The number of rotatable bonds is 64. The molecule has 6 heteroatoms. The molecule has 6 nitrogen and oxygen atoms in total. The van der Waals surface area contributed by atoms with Gasteiger partial charge in [-0.15, -0.1) is 0 Å². The van der Waals surface area contributed by atoms with E-state index in [1.807, 2.05) is 0 Å². The minimum atomic E-state index is -0.767. The van der Waals surface area contributed by atoms with Crippen LogP contribution in [0.1, 0.15) is 387 Å². The number of hydrogen-bond donors (Lipinski definition) is 0. The van der Waals surface area contributed by atoms with E-state index in [4.69, 9.17) is 14.2 Å². The van der Waals surface area contributed by atoms with E-state index in [0.29, 0.717) is 19.3 Å². The summed E-state index contributed by atoms with van der Waals surface area (Å²) >= 11 is 0. The van der Waals surface area contributed by atoms with Crippen LogP contribution in [0.3, 0.4) is 0 Å². The second-order valence-electron chi connectivity index (χ2n) is 23.5. The van der Waals surface area contributed by atoms with Gasteiger partial charge in [-0.3, -0.25) is 14.4 Å². The van der Waals surface area contributed by atoms with Crippen molar-refractivity contribution in [1.82, 2.24) is 0 Å². The van der Waals surface area contributed by atoms with Crippen molar-refractivity contribution in [1.29, 1.82) is 0 Å². The topological polar surface area (TPSA) is 78.9 Å². The average Bonchev–Trinajstić information content (AvgIpc) is 3.42. The van der Waals surface area contributed by atoms with Crippen molar-refractivity contribution in [3.05, 3.63) is 24.3 Å². The summed E-state index contributed by atoms with van der Waals surface area (Å²) in [5.74, 6) is -0.835. The van der Waals surface area contributed by atoms with Gasteiger partial charge in [0.25, 0.3) is 0 Å².